The molecule has 0 unspecified atom stereocenters. The molecular weight excluding hydrogens is 1610 g/mol. The maximum absolute atomic E-state index is 13.9. The molecule has 0 radical (unpaired) electrons. The molecule has 0 aliphatic carbocycles. The molecule has 5 heterocycles. The van der Waals surface area contributed by atoms with E-state index in [1.807, 2.05) is 252 Å². The van der Waals surface area contributed by atoms with Gasteiger partial charge in [0.05, 0.1) is 93.7 Å². The molecule has 13 rings (SSSR count). The zero-order chi connectivity index (χ0) is 91.8. The van der Waals surface area contributed by atoms with Crippen LogP contribution < -0.4 is 52.1 Å². The van der Waals surface area contributed by atoms with Crippen molar-refractivity contribution in [3.63, 3.8) is 0 Å². The molecule has 0 aromatic heterocycles. The first-order valence-electron chi connectivity index (χ1n) is 43.4. The van der Waals surface area contributed by atoms with E-state index in [1.165, 1.54) is 0 Å². The fourth-order valence-electron chi connectivity index (χ4n) is 17.5. The van der Waals surface area contributed by atoms with Crippen molar-refractivity contribution in [2.75, 3.05) is 158 Å². The second kappa shape index (κ2) is 53.2. The molecule has 12 atom stereocenters. The largest absolute Gasteiger partial charge is 0.497 e. The van der Waals surface area contributed by atoms with Crippen LogP contribution in [0.2, 0.25) is 0 Å². The van der Waals surface area contributed by atoms with Crippen molar-refractivity contribution >= 4 is 29.8 Å². The minimum Gasteiger partial charge on any atom is -0.497 e. The van der Waals surface area contributed by atoms with Gasteiger partial charge in [0.25, 0.3) is 0 Å². The van der Waals surface area contributed by atoms with Crippen LogP contribution in [-0.4, -0.2) is 262 Å². The number of likely N-dealkylation sites (tertiary alicyclic amines) is 4. The number of unbranched alkanes of at least 4 members (excludes halogenated alkanes) is 2. The summed E-state index contributed by atoms with van der Waals surface area (Å²) in [5, 5.41) is 39.2. The molecule has 8 aromatic carbocycles. The minimum absolute atomic E-state index is 0.0250. The van der Waals surface area contributed by atoms with Crippen molar-refractivity contribution in [3.8, 4) is 63.2 Å². The highest BCUT2D eigenvalue weighted by molar-refractivity contribution is 5.79. The molecular formula is C100H136N6O20. The maximum atomic E-state index is 13.9. The second-order valence-electron chi connectivity index (χ2n) is 32.0. The molecule has 4 N–H and O–H groups in total. The van der Waals surface area contributed by atoms with E-state index in [9.17, 15) is 44.4 Å². The predicted octanol–water partition coefficient (Wildman–Crippen LogP) is 16.0. The zero-order valence-electron chi connectivity index (χ0n) is 76.7. The van der Waals surface area contributed by atoms with Gasteiger partial charge >= 0.3 is 23.9 Å². The standard InChI is InChI=1S/C34H49N3O8.3C15H21NO3.3C7H8O/c1-6-7-16-36(17-11-10-15-35(2)3)31(38)22-37-21-25(24-19-29(42-5)33-30(20-24)44-23-45-33)32(34(39)40)26(37)14-18-43-28-13-9-8-12-27(28)41-4;3*1-4-13-14(15(17)18)12(9-16(13)2)10-5-7-11(19-3)8-6-10;3*1-8-7-5-3-2-4-6-7/h8-9,12-13,19-20,25-26,32H,6-7,10-11,14-18,21-23H2,1-5H3,(H,39,40);3*5-8,12-14H,4,9H2,1-3H3,(H,17,18);3*2-6H,1H3/t25-,26+,32-;3*12-,13+,14-;;;/m1111.../s1. The van der Waals surface area contributed by atoms with Gasteiger partial charge in [0.15, 0.2) is 23.0 Å². The number of fused-ring (bicyclic) bond motifs is 1. The topological polar surface area (TPSA) is 287 Å². The number of carbonyl (C=O) groups is 5. The van der Waals surface area contributed by atoms with E-state index in [0.29, 0.717) is 54.8 Å². The van der Waals surface area contributed by atoms with Crippen LogP contribution in [-0.2, 0) is 24.0 Å². The molecule has 0 saturated carbocycles. The average Bonchev–Trinajstić information content (AvgIpc) is 1.71. The number of ether oxygens (including phenoxy) is 11. The number of aliphatic carboxylic acids is 4. The Labute approximate surface area is 746 Å². The van der Waals surface area contributed by atoms with Gasteiger partial charge in [0.2, 0.25) is 18.4 Å². The zero-order valence-corrected chi connectivity index (χ0v) is 76.7. The van der Waals surface area contributed by atoms with E-state index in [0.717, 1.165) is 128 Å². The third kappa shape index (κ3) is 29.4. The minimum atomic E-state index is -0.916. The van der Waals surface area contributed by atoms with Gasteiger partial charge in [-0.25, -0.2) is 0 Å². The number of nitrogens with zero attached hydrogens (tertiary/aromatic N) is 6. The number of likely N-dealkylation sites (N-methyl/N-ethyl adjacent to an activating group) is 3. The lowest BCUT2D eigenvalue weighted by atomic mass is 9.84. The smallest absolute Gasteiger partial charge is 0.308 e. The summed E-state index contributed by atoms with van der Waals surface area (Å²) < 4.78 is 58.5. The SMILES string of the molecule is CCCCN(CCCCN(C)C)C(=O)CN1C[C@H](c2cc(OC)c3c(c2)OCO3)[C@@H](C(=O)O)[C@@H]1CCOc1ccccc1OC.CC[C@H]1[C@H](C(=O)O)[C@@H](c2ccc(OC)cc2)CN1C.CC[C@H]1[C@H](C(=O)O)[C@@H](c2ccc(OC)cc2)CN1C.CC[C@H]1[C@H](C(=O)O)[C@@H](c2ccc(OC)cc2)CN1C.COc1ccccc1.COc1ccccc1.COc1ccccc1. The Balaban J connectivity index is 0.000000224. The van der Waals surface area contributed by atoms with E-state index in [2.05, 4.69) is 40.6 Å². The Kier molecular flexibility index (Phi) is 43.0. The van der Waals surface area contributed by atoms with Gasteiger partial charge in [-0.2, -0.15) is 0 Å². The maximum Gasteiger partial charge on any atom is 0.308 e. The number of methoxy groups -OCH3 is 8. The lowest BCUT2D eigenvalue weighted by molar-refractivity contribution is -0.144. The first-order chi connectivity index (χ1) is 60.8. The van der Waals surface area contributed by atoms with Crippen molar-refractivity contribution in [3.05, 3.63) is 222 Å². The second-order valence-corrected chi connectivity index (χ2v) is 32.0. The van der Waals surface area contributed by atoms with Crippen molar-refractivity contribution < 1.29 is 96.5 Å². The van der Waals surface area contributed by atoms with Crippen molar-refractivity contribution in [1.29, 1.82) is 0 Å². The highest BCUT2D eigenvalue weighted by Crippen LogP contribution is 2.48. The fraction of sp³-hybridized carbons (Fsp3) is 0.470. The van der Waals surface area contributed by atoms with Crippen LogP contribution in [0.5, 0.6) is 63.2 Å². The Morgan fingerprint density at radius 1 is 0.381 bits per heavy atom. The predicted molar refractivity (Wildman–Crippen MR) is 490 cm³/mol. The Bertz CT molecular complexity index is 4200. The third-order valence-corrected chi connectivity index (χ3v) is 24.0. The highest BCUT2D eigenvalue weighted by atomic mass is 16.7. The molecule has 0 spiro atoms. The molecule has 26 heteroatoms. The number of hydrogen-bond acceptors (Lipinski definition) is 21. The number of carboxylic acid groups (broad SMARTS) is 4. The molecule has 4 fully saturated rings. The molecule has 0 bridgehead atoms. The summed E-state index contributed by atoms with van der Waals surface area (Å²) in [6, 6.07) is 63.3. The van der Waals surface area contributed by atoms with Gasteiger partial charge in [-0.05, 0) is 206 Å². The van der Waals surface area contributed by atoms with Crippen LogP contribution in [0.4, 0.5) is 0 Å². The van der Waals surface area contributed by atoms with Crippen LogP contribution in [0.25, 0.3) is 0 Å². The van der Waals surface area contributed by atoms with Gasteiger partial charge in [0, 0.05) is 87.1 Å². The summed E-state index contributed by atoms with van der Waals surface area (Å²) in [4.78, 5) is 74.2. The summed E-state index contributed by atoms with van der Waals surface area (Å²) in [5.74, 6) is 2.87. The summed E-state index contributed by atoms with van der Waals surface area (Å²) in [6.45, 7) is 13.9. The van der Waals surface area contributed by atoms with Crippen LogP contribution in [0.1, 0.15) is 125 Å². The number of amides is 1. The fourth-order valence-corrected chi connectivity index (χ4v) is 17.5. The van der Waals surface area contributed by atoms with E-state index in [4.69, 9.17) is 52.1 Å². The van der Waals surface area contributed by atoms with Gasteiger partial charge < -0.3 is 97.0 Å². The summed E-state index contributed by atoms with van der Waals surface area (Å²) in [7, 11) is 23.1. The van der Waals surface area contributed by atoms with E-state index < -0.39 is 41.8 Å². The third-order valence-electron chi connectivity index (χ3n) is 24.0. The lowest BCUT2D eigenvalue weighted by Crippen LogP contribution is -2.45. The lowest BCUT2D eigenvalue weighted by Gasteiger charge is -2.30. The van der Waals surface area contributed by atoms with Gasteiger partial charge in [-0.3, -0.25) is 28.9 Å². The van der Waals surface area contributed by atoms with Crippen molar-refractivity contribution in [1.82, 2.24) is 29.4 Å². The number of carboxylic acids is 4. The van der Waals surface area contributed by atoms with Crippen LogP contribution in [0.3, 0.4) is 0 Å². The van der Waals surface area contributed by atoms with Gasteiger partial charge in [-0.15, -0.1) is 0 Å². The first-order valence-corrected chi connectivity index (χ1v) is 43.4. The first kappa shape index (κ1) is 102. The molecule has 686 valence electrons. The van der Waals surface area contributed by atoms with Gasteiger partial charge in [-0.1, -0.05) is 137 Å². The Hall–Kier alpha value is -11.3. The number of hydrogen-bond donors (Lipinski definition) is 4. The average molecular weight is 1740 g/mol. The summed E-state index contributed by atoms with van der Waals surface area (Å²) in [5.41, 5.74) is 4.02. The number of carbonyl (C=O) groups excluding carboxylic acids is 1. The number of rotatable bonds is 33. The molecule has 26 nitrogen and oxygen atoms in total. The van der Waals surface area contributed by atoms with Crippen LogP contribution in [0, 0.1) is 23.7 Å². The van der Waals surface area contributed by atoms with E-state index in [-0.39, 0.29) is 79.5 Å². The van der Waals surface area contributed by atoms with Crippen LogP contribution in [0.15, 0.2) is 200 Å². The van der Waals surface area contributed by atoms with E-state index >= 15 is 0 Å². The van der Waals surface area contributed by atoms with E-state index in [1.54, 1.807) is 56.9 Å². The van der Waals surface area contributed by atoms with Crippen molar-refractivity contribution in [2.24, 2.45) is 23.7 Å². The van der Waals surface area contributed by atoms with Gasteiger partial charge in [0.1, 0.15) is 34.5 Å². The Morgan fingerprint density at radius 3 is 1.06 bits per heavy atom. The normalized spacial score (nSPS) is 20.9. The number of benzene rings is 8. The number of para-hydroxylation sites is 5. The summed E-state index contributed by atoms with van der Waals surface area (Å²) >= 11 is 0. The quantitative estimate of drug-likeness (QED) is 0.0278. The molecule has 4 saturated heterocycles. The molecule has 5 aliphatic heterocycles. The van der Waals surface area contributed by atoms with Crippen molar-refractivity contribution in [2.45, 2.75) is 127 Å². The monoisotopic (exact) mass is 1740 g/mol. The molecule has 126 heavy (non-hydrogen) atoms. The highest BCUT2D eigenvalue weighted by Gasteiger charge is 2.50. The van der Waals surface area contributed by atoms with Crippen LogP contribution >= 0.6 is 0 Å². The molecule has 1 amide bonds. The molecule has 5 aliphatic rings. The Morgan fingerprint density at radius 2 is 0.722 bits per heavy atom. The summed E-state index contributed by atoms with van der Waals surface area (Å²) in [6.07, 6.45) is 6.83. The molecule has 8 aromatic rings.